The second-order valence-electron chi connectivity index (χ2n) is 6.54. The third-order valence-corrected chi connectivity index (χ3v) is 3.99. The molecule has 0 saturated carbocycles. The first-order valence-electron chi connectivity index (χ1n) is 9.69. The molecule has 0 aliphatic heterocycles. The van der Waals surface area contributed by atoms with E-state index in [9.17, 15) is 4.79 Å². The van der Waals surface area contributed by atoms with Gasteiger partial charge in [0.2, 0.25) is 0 Å². The van der Waals surface area contributed by atoms with E-state index in [0.29, 0.717) is 6.42 Å². The maximum atomic E-state index is 10.3. The quantitative estimate of drug-likeness (QED) is 0.314. The van der Waals surface area contributed by atoms with Crippen LogP contribution in [0.5, 0.6) is 0 Å². The molecule has 0 atom stereocenters. The zero-order chi connectivity index (χ0) is 19.4. The van der Waals surface area contributed by atoms with E-state index < -0.39 is 19.6 Å². The van der Waals surface area contributed by atoms with Gasteiger partial charge in [-0.3, -0.25) is 4.79 Å². The first-order chi connectivity index (χ1) is 11.8. The van der Waals surface area contributed by atoms with Crippen molar-refractivity contribution in [2.45, 2.75) is 110 Å². The molecule has 0 unspecified atom stereocenters. The molecule has 0 aromatic carbocycles. The van der Waals surface area contributed by atoms with E-state index >= 15 is 0 Å². The molecule has 6 nitrogen and oxygen atoms in total. The van der Waals surface area contributed by atoms with Gasteiger partial charge in [-0.05, 0) is 6.42 Å². The van der Waals surface area contributed by atoms with Crippen LogP contribution in [0.4, 0.5) is 0 Å². The summed E-state index contributed by atoms with van der Waals surface area (Å²) < 4.78 is 31.9. The molecule has 0 fully saturated rings. The van der Waals surface area contributed by atoms with Crippen molar-refractivity contribution < 1.29 is 39.4 Å². The van der Waals surface area contributed by atoms with Crippen LogP contribution < -0.4 is 0 Å². The number of rotatable bonds is 16. The molecule has 3 N–H and O–H groups in total. The summed E-state index contributed by atoms with van der Waals surface area (Å²) in [6.45, 7) is 2.27. The second-order valence-corrected chi connectivity index (χ2v) is 7.94. The second kappa shape index (κ2) is 19.8. The van der Waals surface area contributed by atoms with Gasteiger partial charge in [0.25, 0.3) is 0 Å². The molecule has 0 aliphatic rings. The van der Waals surface area contributed by atoms with Crippen molar-refractivity contribution in [1.82, 2.24) is 0 Å². The van der Waals surface area contributed by atoms with Crippen LogP contribution in [-0.4, -0.2) is 19.4 Å². The Balaban J connectivity index is 0. The van der Waals surface area contributed by atoms with Crippen LogP contribution in [-0.2, 0) is 26.0 Å². The molecule has 0 aromatic heterocycles. The molecule has 0 spiro atoms. The molecule has 0 radical (unpaired) electrons. The molecule has 0 aromatic rings. The maximum absolute atomic E-state index is 10.3. The fraction of sp³-hybridized carbons (Fsp3) is 0.944. The number of aliphatic carboxylic acids is 1. The van der Waals surface area contributed by atoms with Gasteiger partial charge in [-0.25, -0.2) is 0 Å². The zero-order valence-electron chi connectivity index (χ0n) is 15.8. The van der Waals surface area contributed by atoms with Crippen LogP contribution in [0.1, 0.15) is 110 Å². The summed E-state index contributed by atoms with van der Waals surface area (Å²) in [4.78, 5) is 10.3. The summed E-state index contributed by atoms with van der Waals surface area (Å²) in [7, 11) is 0. The Morgan fingerprint density at radius 3 is 1.12 bits per heavy atom. The monoisotopic (exact) mass is 402 g/mol. The van der Waals surface area contributed by atoms with Gasteiger partial charge < -0.3 is 5.11 Å². The average Bonchev–Trinajstić information content (AvgIpc) is 2.49. The van der Waals surface area contributed by atoms with E-state index in [2.05, 4.69) is 6.92 Å². The summed E-state index contributed by atoms with van der Waals surface area (Å²) in [6, 6.07) is 0. The van der Waals surface area contributed by atoms with Crippen molar-refractivity contribution in [1.29, 1.82) is 0 Å². The Morgan fingerprint density at radius 2 is 0.880 bits per heavy atom. The molecule has 0 rings (SSSR count). The molecule has 0 aliphatic carbocycles. The number of hydrogen-bond acceptors (Lipinski definition) is 3. The van der Waals surface area contributed by atoms with Crippen molar-refractivity contribution in [3.8, 4) is 0 Å². The van der Waals surface area contributed by atoms with Crippen LogP contribution >= 0.6 is 0 Å². The van der Waals surface area contributed by atoms with E-state index in [1.807, 2.05) is 0 Å². The van der Waals surface area contributed by atoms with E-state index in [-0.39, 0.29) is 0 Å². The molecule has 152 valence electrons. The Hall–Kier alpha value is -0.478. The summed E-state index contributed by atoms with van der Waals surface area (Å²) in [5.41, 5.74) is 0. The molecule has 25 heavy (non-hydrogen) atoms. The number of carboxylic acids is 1. The van der Waals surface area contributed by atoms with Gasteiger partial charge in [0.05, 0.1) is 0 Å². The first-order valence-corrected chi connectivity index (χ1v) is 11.9. The molecule has 0 bridgehead atoms. The van der Waals surface area contributed by atoms with Crippen LogP contribution in [0.25, 0.3) is 0 Å². The molecular weight excluding hydrogens is 364 g/mol. The number of unbranched alkanes of at least 4 members (excludes halogenated alkanes) is 14. The molecule has 7 heteroatoms. The van der Waals surface area contributed by atoms with Crippen LogP contribution in [0.2, 0.25) is 0 Å². The minimum atomic E-state index is -5.25. The summed E-state index contributed by atoms with van der Waals surface area (Å²) in [5, 5.41) is 8.52. The van der Waals surface area contributed by atoms with Gasteiger partial charge in [0.1, 0.15) is 0 Å². The van der Waals surface area contributed by atoms with Gasteiger partial charge in [0, 0.05) is 6.42 Å². The Labute approximate surface area is 155 Å². The van der Waals surface area contributed by atoms with E-state index in [1.54, 1.807) is 0 Å². The van der Waals surface area contributed by atoms with Crippen molar-refractivity contribution >= 4 is 5.97 Å². The fourth-order valence-corrected chi connectivity index (χ4v) is 2.65. The standard InChI is InChI=1S/C18H36O2.Cr.2H2O.2O/c1-2-3-4-5-6-7-8-9-10-11-12-13-14-15-16-17-18(19)20;;;;;/h2-17H2,1H3,(H,19,20);;2*1H2;;/q;+2;;;;/p-2. The summed E-state index contributed by atoms with van der Waals surface area (Å²) in [5.74, 6) is -0.653. The Bertz CT molecular complexity index is 373. The fourth-order valence-electron chi connectivity index (χ4n) is 2.65. The van der Waals surface area contributed by atoms with E-state index in [1.165, 1.54) is 83.5 Å². The SMILES string of the molecule is CCCCCCCCCCCCCCCCCC(=O)O.[O]=[Cr](=[O])([OH])[OH]. The number of carbonyl (C=O) groups is 1. The molecular formula is C18H38CrO6. The van der Waals surface area contributed by atoms with Crippen molar-refractivity contribution in [2.75, 3.05) is 0 Å². The van der Waals surface area contributed by atoms with Gasteiger partial charge in [-0.1, -0.05) is 96.8 Å². The molecule has 0 amide bonds. The van der Waals surface area contributed by atoms with Gasteiger partial charge in [0.15, 0.2) is 0 Å². The topological polar surface area (TPSA) is 112 Å². The van der Waals surface area contributed by atoms with Gasteiger partial charge >= 0.3 is 35.5 Å². The first kappa shape index (κ1) is 26.7. The zero-order valence-corrected chi connectivity index (χ0v) is 17.1. The Kier molecular flexibility index (Phi) is 21.2. The van der Waals surface area contributed by atoms with Crippen molar-refractivity contribution in [3.05, 3.63) is 0 Å². The van der Waals surface area contributed by atoms with Crippen LogP contribution in [0.15, 0.2) is 0 Å². The predicted molar refractivity (Wildman–Crippen MR) is 93.0 cm³/mol. The number of hydrogen-bond donors (Lipinski definition) is 3. The third-order valence-electron chi connectivity index (χ3n) is 3.99. The summed E-state index contributed by atoms with van der Waals surface area (Å²) in [6.07, 6.45) is 20.2. The number of carboxylic acid groups (broad SMARTS) is 1. The average molecular weight is 402 g/mol. The van der Waals surface area contributed by atoms with Crippen LogP contribution in [0.3, 0.4) is 0 Å². The predicted octanol–water partition coefficient (Wildman–Crippen LogP) is 4.98. The molecule has 0 heterocycles. The Morgan fingerprint density at radius 1 is 0.640 bits per heavy atom. The molecule has 0 saturated heterocycles. The summed E-state index contributed by atoms with van der Waals surface area (Å²) >= 11 is -5.25. The third kappa shape index (κ3) is 39.9. The van der Waals surface area contributed by atoms with Gasteiger partial charge in [-0.2, -0.15) is 0 Å². The van der Waals surface area contributed by atoms with Crippen molar-refractivity contribution in [3.63, 3.8) is 0 Å². The van der Waals surface area contributed by atoms with Crippen LogP contribution in [0, 0.1) is 0 Å². The van der Waals surface area contributed by atoms with E-state index in [0.717, 1.165) is 12.8 Å². The van der Waals surface area contributed by atoms with E-state index in [4.69, 9.17) is 21.0 Å². The minimum absolute atomic E-state index is 0.345. The van der Waals surface area contributed by atoms with Crippen molar-refractivity contribution in [2.24, 2.45) is 0 Å². The normalized spacial score (nSPS) is 11.0. The van der Waals surface area contributed by atoms with Gasteiger partial charge in [-0.15, -0.1) is 0 Å².